The van der Waals surface area contributed by atoms with Crippen molar-refractivity contribution in [1.82, 2.24) is 8.87 Å². The van der Waals surface area contributed by atoms with E-state index in [1.165, 1.54) is 20.5 Å². The number of carboxylic acid groups (broad SMARTS) is 1. The van der Waals surface area contributed by atoms with E-state index in [1.54, 1.807) is 14.0 Å². The van der Waals surface area contributed by atoms with Crippen molar-refractivity contribution in [3.63, 3.8) is 0 Å². The van der Waals surface area contributed by atoms with Crippen LogP contribution < -0.4 is 0 Å². The van der Waals surface area contributed by atoms with Crippen molar-refractivity contribution in [2.75, 3.05) is 13.1 Å². The van der Waals surface area contributed by atoms with Gasteiger partial charge in [0.15, 0.2) is 0 Å². The minimum absolute atomic E-state index is 0.0233. The lowest BCUT2D eigenvalue weighted by molar-refractivity contribution is 0.0686. The summed E-state index contributed by atoms with van der Waals surface area (Å²) in [6, 6.07) is 1.23. The monoisotopic (exact) mass is 298 g/mol. The van der Waals surface area contributed by atoms with Gasteiger partial charge in [0.05, 0.1) is 0 Å². The van der Waals surface area contributed by atoms with Crippen LogP contribution in [0.4, 0.5) is 0 Å². The molecule has 1 aliphatic heterocycles. The summed E-state index contributed by atoms with van der Waals surface area (Å²) in [6.45, 7) is 4.36. The molecule has 110 valence electrons. The zero-order chi connectivity index (χ0) is 15.1. The highest BCUT2D eigenvalue weighted by molar-refractivity contribution is 7.89. The molecule has 0 fully saturated rings. The highest BCUT2D eigenvalue weighted by Crippen LogP contribution is 2.25. The Hall–Kier alpha value is -1.60. The molecule has 0 aromatic carbocycles. The first-order valence-electron chi connectivity index (χ1n) is 6.30. The summed E-state index contributed by atoms with van der Waals surface area (Å²) in [5.41, 5.74) is 1.59. The number of aromatic carboxylic acids is 1. The quantitative estimate of drug-likeness (QED) is 0.855. The maximum absolute atomic E-state index is 12.6. The molecule has 0 radical (unpaired) electrons. The number of aromatic nitrogens is 1. The van der Waals surface area contributed by atoms with Crippen LogP contribution in [0.1, 0.15) is 29.5 Å². The van der Waals surface area contributed by atoms with Crippen molar-refractivity contribution < 1.29 is 18.3 Å². The number of hydrogen-bond donors (Lipinski definition) is 1. The average Bonchev–Trinajstić information content (AvgIpc) is 2.67. The second kappa shape index (κ2) is 5.06. The van der Waals surface area contributed by atoms with E-state index in [0.29, 0.717) is 25.2 Å². The number of rotatable bonds is 3. The van der Waals surface area contributed by atoms with Crippen LogP contribution in [0.3, 0.4) is 0 Å². The SMILES string of the molecule is CC1=CCN(S(=O)(=O)c2cc(C(=O)O)n(C)c2C)CC1. The molecule has 0 aliphatic carbocycles. The van der Waals surface area contributed by atoms with Crippen LogP contribution in [0, 0.1) is 6.92 Å². The van der Waals surface area contributed by atoms with Gasteiger partial charge in [-0.15, -0.1) is 0 Å². The Labute approximate surface area is 118 Å². The Kier molecular flexibility index (Phi) is 3.75. The van der Waals surface area contributed by atoms with Gasteiger partial charge < -0.3 is 9.67 Å². The Morgan fingerprint density at radius 1 is 1.35 bits per heavy atom. The molecular formula is C13H18N2O4S. The fourth-order valence-corrected chi connectivity index (χ4v) is 3.90. The summed E-state index contributed by atoms with van der Waals surface area (Å²) in [6.07, 6.45) is 2.59. The number of sulfonamides is 1. The fourth-order valence-electron chi connectivity index (χ4n) is 2.25. The molecule has 1 aliphatic rings. The van der Waals surface area contributed by atoms with E-state index in [2.05, 4.69) is 0 Å². The predicted molar refractivity (Wildman–Crippen MR) is 74.2 cm³/mol. The van der Waals surface area contributed by atoms with E-state index in [1.807, 2.05) is 13.0 Å². The van der Waals surface area contributed by atoms with Gasteiger partial charge in [0.25, 0.3) is 0 Å². The second-order valence-corrected chi connectivity index (χ2v) is 6.91. The molecule has 0 atom stereocenters. The van der Waals surface area contributed by atoms with E-state index in [4.69, 9.17) is 5.11 Å². The third-order valence-corrected chi connectivity index (χ3v) is 5.71. The molecule has 2 heterocycles. The minimum Gasteiger partial charge on any atom is -0.477 e. The fraction of sp³-hybridized carbons (Fsp3) is 0.462. The van der Waals surface area contributed by atoms with E-state index in [-0.39, 0.29) is 10.6 Å². The smallest absolute Gasteiger partial charge is 0.352 e. The van der Waals surface area contributed by atoms with Gasteiger partial charge in [-0.3, -0.25) is 0 Å². The van der Waals surface area contributed by atoms with E-state index < -0.39 is 16.0 Å². The van der Waals surface area contributed by atoms with Gasteiger partial charge in [-0.05, 0) is 26.3 Å². The minimum atomic E-state index is -3.65. The molecule has 6 nitrogen and oxygen atoms in total. The molecule has 2 rings (SSSR count). The van der Waals surface area contributed by atoms with Crippen LogP contribution >= 0.6 is 0 Å². The molecule has 1 N–H and O–H groups in total. The highest BCUT2D eigenvalue weighted by Gasteiger charge is 2.30. The third kappa shape index (κ3) is 2.38. The first kappa shape index (κ1) is 14.8. The summed E-state index contributed by atoms with van der Waals surface area (Å²) in [4.78, 5) is 11.2. The number of carbonyl (C=O) groups is 1. The standard InChI is InChI=1S/C13H18N2O4S/c1-9-4-6-15(7-5-9)20(18,19)12-8-11(13(16)17)14(3)10(12)2/h4,8H,5-7H2,1-3H3,(H,16,17). The maximum atomic E-state index is 12.6. The molecule has 20 heavy (non-hydrogen) atoms. The Bertz CT molecular complexity index is 685. The van der Waals surface area contributed by atoms with Crippen molar-refractivity contribution in [3.05, 3.63) is 29.1 Å². The van der Waals surface area contributed by atoms with Gasteiger partial charge in [-0.25, -0.2) is 13.2 Å². The molecule has 0 saturated carbocycles. The summed E-state index contributed by atoms with van der Waals surface area (Å²) in [7, 11) is -2.09. The zero-order valence-corrected chi connectivity index (χ0v) is 12.6. The number of hydrogen-bond acceptors (Lipinski definition) is 3. The van der Waals surface area contributed by atoms with Crippen molar-refractivity contribution in [1.29, 1.82) is 0 Å². The van der Waals surface area contributed by atoms with Crippen LogP contribution in [0.25, 0.3) is 0 Å². The lowest BCUT2D eigenvalue weighted by Crippen LogP contribution is -2.34. The van der Waals surface area contributed by atoms with Crippen LogP contribution in [0.15, 0.2) is 22.6 Å². The number of carboxylic acids is 1. The first-order valence-corrected chi connectivity index (χ1v) is 7.74. The van der Waals surface area contributed by atoms with E-state index >= 15 is 0 Å². The van der Waals surface area contributed by atoms with Gasteiger partial charge in [0.1, 0.15) is 10.6 Å². The van der Waals surface area contributed by atoms with Gasteiger partial charge in [0, 0.05) is 25.8 Å². The molecule has 7 heteroatoms. The van der Waals surface area contributed by atoms with Crippen molar-refractivity contribution in [3.8, 4) is 0 Å². The van der Waals surface area contributed by atoms with Crippen molar-refractivity contribution in [2.24, 2.45) is 7.05 Å². The van der Waals surface area contributed by atoms with Crippen molar-refractivity contribution >= 4 is 16.0 Å². The van der Waals surface area contributed by atoms with Crippen LogP contribution in [0.5, 0.6) is 0 Å². The largest absolute Gasteiger partial charge is 0.477 e. The molecule has 0 spiro atoms. The van der Waals surface area contributed by atoms with Gasteiger partial charge in [-0.1, -0.05) is 11.6 Å². The molecule has 0 saturated heterocycles. The van der Waals surface area contributed by atoms with Crippen LogP contribution in [-0.4, -0.2) is 41.5 Å². The highest BCUT2D eigenvalue weighted by atomic mass is 32.2. The van der Waals surface area contributed by atoms with Crippen molar-refractivity contribution in [2.45, 2.75) is 25.2 Å². The molecule has 1 aromatic rings. The lowest BCUT2D eigenvalue weighted by atomic mass is 10.1. The van der Waals surface area contributed by atoms with E-state index in [9.17, 15) is 13.2 Å². The summed E-state index contributed by atoms with van der Waals surface area (Å²) in [5, 5.41) is 9.08. The Morgan fingerprint density at radius 3 is 2.45 bits per heavy atom. The van der Waals surface area contributed by atoms with Gasteiger partial charge in [-0.2, -0.15) is 4.31 Å². The van der Waals surface area contributed by atoms with Crippen LogP contribution in [0.2, 0.25) is 0 Å². The van der Waals surface area contributed by atoms with E-state index in [0.717, 1.165) is 0 Å². The maximum Gasteiger partial charge on any atom is 0.352 e. The third-order valence-electron chi connectivity index (χ3n) is 3.72. The lowest BCUT2D eigenvalue weighted by Gasteiger charge is -2.24. The predicted octanol–water partition coefficient (Wildman–Crippen LogP) is 1.37. The number of nitrogens with zero attached hydrogens (tertiary/aromatic N) is 2. The Balaban J connectivity index is 2.45. The Morgan fingerprint density at radius 2 is 2.00 bits per heavy atom. The normalized spacial score (nSPS) is 17.1. The van der Waals surface area contributed by atoms with Gasteiger partial charge >= 0.3 is 5.97 Å². The topological polar surface area (TPSA) is 79.6 Å². The first-order chi connectivity index (χ1) is 9.25. The molecule has 0 amide bonds. The zero-order valence-electron chi connectivity index (χ0n) is 11.8. The second-order valence-electron chi connectivity index (χ2n) is 5.01. The van der Waals surface area contributed by atoms with Crippen LogP contribution in [-0.2, 0) is 17.1 Å². The average molecular weight is 298 g/mol. The molecule has 0 bridgehead atoms. The summed E-state index contributed by atoms with van der Waals surface area (Å²) in [5.74, 6) is -1.13. The summed E-state index contributed by atoms with van der Waals surface area (Å²) >= 11 is 0. The molecule has 0 unspecified atom stereocenters. The summed E-state index contributed by atoms with van der Waals surface area (Å²) < 4.78 is 28.0. The van der Waals surface area contributed by atoms with Gasteiger partial charge in [0.2, 0.25) is 10.0 Å². The molecular weight excluding hydrogens is 280 g/mol. The molecule has 1 aromatic heterocycles.